The fourth-order valence-corrected chi connectivity index (χ4v) is 3.59. The quantitative estimate of drug-likeness (QED) is 0.888. The molecule has 2 N–H and O–H groups in total. The Labute approximate surface area is 120 Å². The molecular weight excluding hydrogens is 252 g/mol. The summed E-state index contributed by atoms with van der Waals surface area (Å²) in [7, 11) is 1.66. The van der Waals surface area contributed by atoms with Crippen LogP contribution in [0.2, 0.25) is 0 Å². The zero-order valence-corrected chi connectivity index (χ0v) is 12.3. The summed E-state index contributed by atoms with van der Waals surface area (Å²) in [5.41, 5.74) is 0.961. The maximum atomic E-state index is 10.1. The summed E-state index contributed by atoms with van der Waals surface area (Å²) >= 11 is 0. The van der Waals surface area contributed by atoms with E-state index in [4.69, 9.17) is 4.74 Å². The lowest BCUT2D eigenvalue weighted by molar-refractivity contribution is 0.245. The van der Waals surface area contributed by atoms with Gasteiger partial charge in [0.05, 0.1) is 7.11 Å². The summed E-state index contributed by atoms with van der Waals surface area (Å²) in [5, 5.41) is 13.7. The largest absolute Gasteiger partial charge is 0.508 e. The van der Waals surface area contributed by atoms with Crippen molar-refractivity contribution in [2.45, 2.75) is 31.8 Å². The number of nitrogens with one attached hydrogen (secondary N) is 1. The van der Waals surface area contributed by atoms with E-state index in [2.05, 4.69) is 17.1 Å². The van der Waals surface area contributed by atoms with Gasteiger partial charge in [0.25, 0.3) is 0 Å². The average Bonchev–Trinajstić information content (AvgIpc) is 2.91. The van der Waals surface area contributed by atoms with E-state index in [0.717, 1.165) is 36.9 Å². The minimum atomic E-state index is 0.220. The van der Waals surface area contributed by atoms with Gasteiger partial charge in [0.2, 0.25) is 0 Å². The van der Waals surface area contributed by atoms with Crippen LogP contribution in [0.3, 0.4) is 0 Å². The monoisotopic (exact) mass is 276 g/mol. The normalized spacial score (nSPS) is 28.1. The number of hydrogen-bond acceptors (Lipinski definition) is 4. The van der Waals surface area contributed by atoms with Gasteiger partial charge < -0.3 is 15.2 Å². The van der Waals surface area contributed by atoms with Gasteiger partial charge in [-0.1, -0.05) is 0 Å². The lowest BCUT2D eigenvalue weighted by Gasteiger charge is -2.25. The van der Waals surface area contributed by atoms with Crippen LogP contribution in [0.25, 0.3) is 0 Å². The zero-order chi connectivity index (χ0) is 14.1. The molecule has 4 heteroatoms. The minimum absolute atomic E-state index is 0.220. The van der Waals surface area contributed by atoms with Gasteiger partial charge >= 0.3 is 0 Å². The van der Waals surface area contributed by atoms with Gasteiger partial charge in [-0.3, -0.25) is 4.90 Å². The molecule has 20 heavy (non-hydrogen) atoms. The van der Waals surface area contributed by atoms with Crippen LogP contribution in [0.4, 0.5) is 0 Å². The van der Waals surface area contributed by atoms with E-state index < -0.39 is 0 Å². The van der Waals surface area contributed by atoms with E-state index in [1.165, 1.54) is 12.8 Å². The molecule has 0 bridgehead atoms. The summed E-state index contributed by atoms with van der Waals surface area (Å²) < 4.78 is 5.28. The molecule has 1 aromatic carbocycles. The van der Waals surface area contributed by atoms with Gasteiger partial charge in [0.15, 0.2) is 0 Å². The Bertz CT molecular complexity index is 464. The van der Waals surface area contributed by atoms with E-state index >= 15 is 0 Å². The fraction of sp³-hybridized carbons (Fsp3) is 0.625. The van der Waals surface area contributed by atoms with E-state index in [-0.39, 0.29) is 6.04 Å². The van der Waals surface area contributed by atoms with Crippen LogP contribution < -0.4 is 10.1 Å². The highest BCUT2D eigenvalue weighted by Gasteiger charge is 2.36. The molecule has 0 aromatic heterocycles. The highest BCUT2D eigenvalue weighted by atomic mass is 16.5. The number of piperidine rings is 1. The molecule has 0 amide bonds. The molecule has 110 valence electrons. The molecule has 1 aromatic rings. The molecule has 3 atom stereocenters. The molecule has 0 spiro atoms. The second kappa shape index (κ2) is 5.62. The van der Waals surface area contributed by atoms with Crippen LogP contribution in [0.15, 0.2) is 18.2 Å². The Balaban J connectivity index is 1.77. The molecule has 1 unspecified atom stereocenters. The van der Waals surface area contributed by atoms with Crippen LogP contribution in [-0.4, -0.2) is 42.8 Å². The molecular formula is C16H24N2O2. The predicted molar refractivity (Wildman–Crippen MR) is 79.2 cm³/mol. The third-order valence-corrected chi connectivity index (χ3v) is 4.86. The first-order valence-corrected chi connectivity index (χ1v) is 7.53. The molecule has 2 aliphatic heterocycles. The van der Waals surface area contributed by atoms with Crippen molar-refractivity contribution in [3.63, 3.8) is 0 Å². The van der Waals surface area contributed by atoms with Crippen molar-refractivity contribution in [1.82, 2.24) is 10.2 Å². The third kappa shape index (κ3) is 2.50. The predicted octanol–water partition coefficient (Wildman–Crippen LogP) is 2.15. The lowest BCUT2D eigenvalue weighted by atomic mass is 9.94. The number of aromatic hydroxyl groups is 1. The smallest absolute Gasteiger partial charge is 0.120 e. The number of fused-ring (bicyclic) bond motifs is 1. The van der Waals surface area contributed by atoms with E-state index in [1.54, 1.807) is 19.2 Å². The summed E-state index contributed by atoms with van der Waals surface area (Å²) in [5.74, 6) is 1.93. The maximum absolute atomic E-state index is 10.1. The van der Waals surface area contributed by atoms with Gasteiger partial charge in [0.1, 0.15) is 11.5 Å². The Hall–Kier alpha value is -1.26. The Morgan fingerprint density at radius 1 is 1.40 bits per heavy atom. The Morgan fingerprint density at radius 3 is 3.00 bits per heavy atom. The fourth-order valence-electron chi connectivity index (χ4n) is 3.59. The Kier molecular flexibility index (Phi) is 3.85. The first-order chi connectivity index (χ1) is 9.69. The van der Waals surface area contributed by atoms with Crippen molar-refractivity contribution in [2.24, 2.45) is 5.92 Å². The summed E-state index contributed by atoms with van der Waals surface area (Å²) in [4.78, 5) is 2.47. The number of likely N-dealkylation sites (tertiary alicyclic amines) is 1. The number of phenolic OH excluding ortho intramolecular Hbond substituents is 1. The van der Waals surface area contributed by atoms with Gasteiger partial charge in [-0.2, -0.15) is 0 Å². The van der Waals surface area contributed by atoms with Crippen LogP contribution in [0, 0.1) is 5.92 Å². The van der Waals surface area contributed by atoms with Crippen LogP contribution in [0.5, 0.6) is 11.5 Å². The lowest BCUT2D eigenvalue weighted by Crippen LogP contribution is -2.40. The Morgan fingerprint density at radius 2 is 2.25 bits per heavy atom. The van der Waals surface area contributed by atoms with Gasteiger partial charge in [-0.15, -0.1) is 0 Å². The van der Waals surface area contributed by atoms with Crippen molar-refractivity contribution < 1.29 is 9.84 Å². The molecule has 2 fully saturated rings. The van der Waals surface area contributed by atoms with Crippen molar-refractivity contribution in [3.8, 4) is 11.5 Å². The molecule has 0 radical (unpaired) electrons. The topological polar surface area (TPSA) is 44.7 Å². The number of rotatable bonds is 3. The van der Waals surface area contributed by atoms with Crippen LogP contribution in [-0.2, 0) is 0 Å². The number of hydrogen-bond donors (Lipinski definition) is 2. The SMILES string of the molecule is COc1ccc(O)c(C(C)N2C[C@@H]3CCCN[C@@H]3C2)c1. The van der Waals surface area contributed by atoms with Crippen molar-refractivity contribution in [3.05, 3.63) is 23.8 Å². The number of benzene rings is 1. The minimum Gasteiger partial charge on any atom is -0.508 e. The third-order valence-electron chi connectivity index (χ3n) is 4.86. The molecule has 3 rings (SSSR count). The van der Waals surface area contributed by atoms with Crippen molar-refractivity contribution in [1.29, 1.82) is 0 Å². The first-order valence-electron chi connectivity index (χ1n) is 7.53. The highest BCUT2D eigenvalue weighted by molar-refractivity contribution is 5.41. The summed E-state index contributed by atoms with van der Waals surface area (Å²) in [6.45, 7) is 5.51. The second-order valence-corrected chi connectivity index (χ2v) is 6.02. The number of nitrogens with zero attached hydrogens (tertiary/aromatic N) is 1. The van der Waals surface area contributed by atoms with Gasteiger partial charge in [-0.05, 0) is 50.4 Å². The standard InChI is InChI=1S/C16H24N2O2/c1-11(14-8-13(20-2)5-6-16(14)19)18-9-12-4-3-7-17-15(12)10-18/h5-6,8,11-12,15,17,19H,3-4,7,9-10H2,1-2H3/t11?,12-,15+/m0/s1. The number of phenols is 1. The summed E-state index contributed by atoms with van der Waals surface area (Å²) in [6.07, 6.45) is 2.61. The molecule has 2 heterocycles. The molecule has 2 aliphatic rings. The molecule has 2 saturated heterocycles. The first kappa shape index (κ1) is 13.7. The van der Waals surface area contributed by atoms with Crippen LogP contribution in [0.1, 0.15) is 31.4 Å². The highest BCUT2D eigenvalue weighted by Crippen LogP contribution is 2.36. The maximum Gasteiger partial charge on any atom is 0.120 e. The summed E-state index contributed by atoms with van der Waals surface area (Å²) in [6, 6.07) is 6.33. The van der Waals surface area contributed by atoms with Crippen LogP contribution >= 0.6 is 0 Å². The van der Waals surface area contributed by atoms with Crippen molar-refractivity contribution >= 4 is 0 Å². The van der Waals surface area contributed by atoms with Gasteiger partial charge in [-0.25, -0.2) is 0 Å². The van der Waals surface area contributed by atoms with E-state index in [9.17, 15) is 5.11 Å². The molecule has 0 saturated carbocycles. The van der Waals surface area contributed by atoms with E-state index in [0.29, 0.717) is 11.8 Å². The average molecular weight is 276 g/mol. The zero-order valence-electron chi connectivity index (χ0n) is 12.3. The van der Waals surface area contributed by atoms with E-state index in [1.807, 2.05) is 6.07 Å². The van der Waals surface area contributed by atoms with Crippen molar-refractivity contribution in [2.75, 3.05) is 26.7 Å². The number of methoxy groups -OCH3 is 1. The molecule has 0 aliphatic carbocycles. The second-order valence-electron chi connectivity index (χ2n) is 6.02. The number of ether oxygens (including phenoxy) is 1. The van der Waals surface area contributed by atoms with Gasteiger partial charge in [0, 0.05) is 30.7 Å². The molecule has 4 nitrogen and oxygen atoms in total.